The molecule has 162 valence electrons. The average Bonchev–Trinajstić information content (AvgIpc) is 2.77. The second-order valence-corrected chi connectivity index (χ2v) is 9.59. The van der Waals surface area contributed by atoms with Crippen LogP contribution >= 0.6 is 0 Å². The van der Waals surface area contributed by atoms with Crippen molar-refractivity contribution in [1.29, 1.82) is 0 Å². The SMILES string of the molecule is CCc1ccccc1N(CC(=O)N(C)C1CCCCC1O)S(=O)(=O)c1ccccc1. The van der Waals surface area contributed by atoms with E-state index in [4.69, 9.17) is 0 Å². The molecule has 6 nitrogen and oxygen atoms in total. The first-order valence-corrected chi connectivity index (χ1v) is 11.9. The van der Waals surface area contributed by atoms with Gasteiger partial charge in [0.15, 0.2) is 0 Å². The van der Waals surface area contributed by atoms with Crippen molar-refractivity contribution in [1.82, 2.24) is 4.90 Å². The van der Waals surface area contributed by atoms with Crippen LogP contribution in [0, 0.1) is 0 Å². The number of aryl methyl sites for hydroxylation is 1. The second-order valence-electron chi connectivity index (χ2n) is 7.73. The van der Waals surface area contributed by atoms with E-state index in [2.05, 4.69) is 0 Å². The molecule has 1 fully saturated rings. The Bertz CT molecular complexity index is 962. The number of carbonyl (C=O) groups excluding carboxylic acids is 1. The first-order chi connectivity index (χ1) is 14.4. The van der Waals surface area contributed by atoms with Gasteiger partial charge in [-0.15, -0.1) is 0 Å². The summed E-state index contributed by atoms with van der Waals surface area (Å²) in [5.74, 6) is -0.327. The summed E-state index contributed by atoms with van der Waals surface area (Å²) in [6.07, 6.45) is 3.34. The van der Waals surface area contributed by atoms with E-state index in [0.717, 1.165) is 24.8 Å². The predicted molar refractivity (Wildman–Crippen MR) is 118 cm³/mol. The molecule has 0 aromatic heterocycles. The van der Waals surface area contributed by atoms with Crippen LogP contribution in [0.2, 0.25) is 0 Å². The molecule has 3 rings (SSSR count). The van der Waals surface area contributed by atoms with Gasteiger partial charge in [0.1, 0.15) is 6.54 Å². The number of benzene rings is 2. The van der Waals surface area contributed by atoms with E-state index in [1.54, 1.807) is 37.4 Å². The summed E-state index contributed by atoms with van der Waals surface area (Å²) < 4.78 is 28.2. The molecule has 2 aromatic rings. The molecule has 0 saturated heterocycles. The van der Waals surface area contributed by atoms with Gasteiger partial charge in [-0.1, -0.05) is 56.2 Å². The van der Waals surface area contributed by atoms with Crippen LogP contribution < -0.4 is 4.31 Å². The molecule has 30 heavy (non-hydrogen) atoms. The van der Waals surface area contributed by atoms with Crippen molar-refractivity contribution in [3.63, 3.8) is 0 Å². The van der Waals surface area contributed by atoms with Crippen LogP contribution in [0.1, 0.15) is 38.2 Å². The number of nitrogens with zero attached hydrogens (tertiary/aromatic N) is 2. The molecule has 0 bridgehead atoms. The van der Waals surface area contributed by atoms with Crippen molar-refractivity contribution in [3.05, 3.63) is 60.2 Å². The fourth-order valence-electron chi connectivity index (χ4n) is 4.04. The van der Waals surface area contributed by atoms with E-state index in [1.807, 2.05) is 19.1 Å². The highest BCUT2D eigenvalue weighted by atomic mass is 32.2. The highest BCUT2D eigenvalue weighted by Gasteiger charge is 2.33. The molecule has 7 heteroatoms. The van der Waals surface area contributed by atoms with E-state index >= 15 is 0 Å². The third-order valence-corrected chi connectivity index (χ3v) is 7.61. The van der Waals surface area contributed by atoms with Crippen molar-refractivity contribution in [2.24, 2.45) is 0 Å². The predicted octanol–water partition coefficient (Wildman–Crippen LogP) is 3.21. The third kappa shape index (κ3) is 4.68. The minimum atomic E-state index is -3.94. The minimum absolute atomic E-state index is 0.143. The molecule has 0 radical (unpaired) electrons. The lowest BCUT2D eigenvalue weighted by molar-refractivity contribution is -0.133. The number of hydrogen-bond acceptors (Lipinski definition) is 4. The second kappa shape index (κ2) is 9.62. The van der Waals surface area contributed by atoms with Gasteiger partial charge < -0.3 is 10.0 Å². The molecule has 0 heterocycles. The summed E-state index contributed by atoms with van der Waals surface area (Å²) in [5.41, 5.74) is 1.36. The maximum absolute atomic E-state index is 13.5. The highest BCUT2D eigenvalue weighted by Crippen LogP contribution is 2.28. The van der Waals surface area contributed by atoms with Crippen LogP contribution in [0.3, 0.4) is 0 Å². The van der Waals surface area contributed by atoms with Crippen molar-refractivity contribution in [2.75, 3.05) is 17.9 Å². The largest absolute Gasteiger partial charge is 0.391 e. The van der Waals surface area contributed by atoms with Crippen molar-refractivity contribution in [3.8, 4) is 0 Å². The summed E-state index contributed by atoms with van der Waals surface area (Å²) in [6.45, 7) is 1.65. The van der Waals surface area contributed by atoms with E-state index in [1.165, 1.54) is 21.3 Å². The van der Waals surface area contributed by atoms with Gasteiger partial charge in [0.25, 0.3) is 10.0 Å². The Morgan fingerprint density at radius 1 is 1.03 bits per heavy atom. The number of aliphatic hydroxyl groups excluding tert-OH is 1. The topological polar surface area (TPSA) is 77.9 Å². The lowest BCUT2D eigenvalue weighted by atomic mass is 9.91. The molecule has 2 atom stereocenters. The molecule has 2 unspecified atom stereocenters. The summed E-state index contributed by atoms with van der Waals surface area (Å²) in [5, 5.41) is 10.3. The number of para-hydroxylation sites is 1. The fraction of sp³-hybridized carbons (Fsp3) is 0.435. The minimum Gasteiger partial charge on any atom is -0.391 e. The zero-order chi connectivity index (χ0) is 21.7. The fourth-order valence-corrected chi connectivity index (χ4v) is 5.51. The Kier molecular flexibility index (Phi) is 7.15. The van der Waals surface area contributed by atoms with Gasteiger partial charge in [-0.2, -0.15) is 0 Å². The molecular weight excluding hydrogens is 400 g/mol. The summed E-state index contributed by atoms with van der Waals surface area (Å²) >= 11 is 0. The van der Waals surface area contributed by atoms with Gasteiger partial charge in [0.05, 0.1) is 22.7 Å². The summed E-state index contributed by atoms with van der Waals surface area (Å²) in [7, 11) is -2.28. The van der Waals surface area contributed by atoms with E-state index in [0.29, 0.717) is 18.5 Å². The average molecular weight is 431 g/mol. The molecule has 1 amide bonds. The van der Waals surface area contributed by atoms with Crippen molar-refractivity contribution < 1.29 is 18.3 Å². The summed E-state index contributed by atoms with van der Waals surface area (Å²) in [4.78, 5) is 14.8. The molecule has 0 spiro atoms. The van der Waals surface area contributed by atoms with Crippen LogP contribution in [0.4, 0.5) is 5.69 Å². The van der Waals surface area contributed by atoms with Gasteiger partial charge in [0, 0.05) is 7.05 Å². The normalized spacial score (nSPS) is 19.3. The Hall–Kier alpha value is -2.38. The maximum Gasteiger partial charge on any atom is 0.264 e. The molecular formula is C23H30N2O4S. The molecule has 1 N–H and O–H groups in total. The summed E-state index contributed by atoms with van der Waals surface area (Å²) in [6, 6.07) is 15.1. The van der Waals surface area contributed by atoms with Gasteiger partial charge in [-0.3, -0.25) is 9.10 Å². The molecule has 1 aliphatic rings. The number of sulfonamides is 1. The molecule has 1 aliphatic carbocycles. The van der Waals surface area contributed by atoms with Gasteiger partial charge >= 0.3 is 0 Å². The number of hydrogen-bond donors (Lipinski definition) is 1. The number of aliphatic hydroxyl groups is 1. The van der Waals surface area contributed by atoms with Gasteiger partial charge in [0.2, 0.25) is 5.91 Å². The number of carbonyl (C=O) groups is 1. The number of likely N-dealkylation sites (N-methyl/N-ethyl adjacent to an activating group) is 1. The van der Waals surface area contributed by atoms with E-state index in [9.17, 15) is 18.3 Å². The highest BCUT2D eigenvalue weighted by molar-refractivity contribution is 7.92. The Balaban J connectivity index is 1.97. The maximum atomic E-state index is 13.5. The quantitative estimate of drug-likeness (QED) is 0.732. The lowest BCUT2D eigenvalue weighted by Gasteiger charge is -2.36. The Morgan fingerprint density at radius 2 is 1.67 bits per heavy atom. The zero-order valence-corrected chi connectivity index (χ0v) is 18.4. The Morgan fingerprint density at radius 3 is 2.33 bits per heavy atom. The van der Waals surface area contributed by atoms with Gasteiger partial charge in [-0.25, -0.2) is 8.42 Å². The number of anilines is 1. The van der Waals surface area contributed by atoms with E-state index < -0.39 is 16.1 Å². The first-order valence-electron chi connectivity index (χ1n) is 10.5. The zero-order valence-electron chi connectivity index (χ0n) is 17.6. The molecule has 0 aliphatic heterocycles. The number of rotatable bonds is 7. The van der Waals surface area contributed by atoms with Crippen LogP contribution in [-0.2, 0) is 21.2 Å². The van der Waals surface area contributed by atoms with Crippen LogP contribution in [-0.4, -0.2) is 50.1 Å². The molecule has 2 aromatic carbocycles. The third-order valence-electron chi connectivity index (χ3n) is 5.84. The van der Waals surface area contributed by atoms with Gasteiger partial charge in [-0.05, 0) is 43.0 Å². The monoisotopic (exact) mass is 430 g/mol. The van der Waals surface area contributed by atoms with Crippen LogP contribution in [0.5, 0.6) is 0 Å². The Labute approximate surface area is 179 Å². The smallest absolute Gasteiger partial charge is 0.264 e. The van der Waals surface area contributed by atoms with Crippen LogP contribution in [0.15, 0.2) is 59.5 Å². The van der Waals surface area contributed by atoms with Crippen molar-refractivity contribution >= 4 is 21.6 Å². The number of amides is 1. The molecule has 1 saturated carbocycles. The van der Waals surface area contributed by atoms with E-state index in [-0.39, 0.29) is 23.4 Å². The van der Waals surface area contributed by atoms with Crippen LogP contribution in [0.25, 0.3) is 0 Å². The first kappa shape index (κ1) is 22.3. The van der Waals surface area contributed by atoms with Crippen molar-refractivity contribution in [2.45, 2.75) is 56.1 Å². The standard InChI is InChI=1S/C23H30N2O4S/c1-3-18-11-7-8-14-20(18)25(30(28,29)19-12-5-4-6-13-19)17-23(27)24(2)21-15-9-10-16-22(21)26/h4-8,11-14,21-22,26H,3,9-10,15-17H2,1-2H3. The lowest BCUT2D eigenvalue weighted by Crippen LogP contribution is -2.50.